The topological polar surface area (TPSA) is 45.8 Å². The minimum atomic E-state index is -0.157. The average molecular weight is 221 g/mol. The number of halogens is 1. The van der Waals surface area contributed by atoms with Gasteiger partial charge in [-0.25, -0.2) is 4.98 Å². The van der Waals surface area contributed by atoms with Crippen LogP contribution in [-0.2, 0) is 0 Å². The third kappa shape index (κ3) is 1.78. The SMILES string of the molecule is Cc1c(Cl)cccc1-c1cnc[nH]c1=O. The number of hydrogen-bond acceptors (Lipinski definition) is 2. The first-order valence-corrected chi connectivity index (χ1v) is 4.86. The fourth-order valence-electron chi connectivity index (χ4n) is 1.44. The van der Waals surface area contributed by atoms with Crippen molar-refractivity contribution in [3.05, 3.63) is 51.7 Å². The summed E-state index contributed by atoms with van der Waals surface area (Å²) < 4.78 is 0. The Morgan fingerprint density at radius 2 is 2.13 bits per heavy atom. The van der Waals surface area contributed by atoms with Gasteiger partial charge >= 0.3 is 0 Å². The fraction of sp³-hybridized carbons (Fsp3) is 0.0909. The van der Waals surface area contributed by atoms with E-state index in [1.54, 1.807) is 6.07 Å². The van der Waals surface area contributed by atoms with Crippen molar-refractivity contribution in [1.29, 1.82) is 0 Å². The molecule has 0 bridgehead atoms. The second kappa shape index (κ2) is 3.87. The number of nitrogens with zero attached hydrogens (tertiary/aromatic N) is 1. The predicted molar refractivity (Wildman–Crippen MR) is 60.0 cm³/mol. The highest BCUT2D eigenvalue weighted by Gasteiger charge is 2.07. The fourth-order valence-corrected chi connectivity index (χ4v) is 1.61. The van der Waals surface area contributed by atoms with Gasteiger partial charge in [-0.15, -0.1) is 0 Å². The third-order valence-corrected chi connectivity index (χ3v) is 2.69. The van der Waals surface area contributed by atoms with Crippen molar-refractivity contribution in [2.24, 2.45) is 0 Å². The Labute approximate surface area is 91.8 Å². The summed E-state index contributed by atoms with van der Waals surface area (Å²) in [6.07, 6.45) is 2.91. The zero-order valence-electron chi connectivity index (χ0n) is 8.12. The van der Waals surface area contributed by atoms with E-state index in [-0.39, 0.29) is 5.56 Å². The van der Waals surface area contributed by atoms with Gasteiger partial charge in [0.15, 0.2) is 0 Å². The highest BCUT2D eigenvalue weighted by Crippen LogP contribution is 2.25. The molecule has 1 N–H and O–H groups in total. The molecule has 15 heavy (non-hydrogen) atoms. The summed E-state index contributed by atoms with van der Waals surface area (Å²) in [7, 11) is 0. The van der Waals surface area contributed by atoms with Crippen LogP contribution in [0.3, 0.4) is 0 Å². The maximum absolute atomic E-state index is 11.5. The standard InChI is InChI=1S/C11H9ClN2O/c1-7-8(3-2-4-10(7)12)9-5-13-6-14-11(9)15/h2-6H,1H3,(H,13,14,15). The van der Waals surface area contributed by atoms with Crippen LogP contribution in [0.1, 0.15) is 5.56 Å². The molecule has 2 rings (SSSR count). The monoisotopic (exact) mass is 220 g/mol. The normalized spacial score (nSPS) is 10.3. The van der Waals surface area contributed by atoms with Crippen LogP contribution < -0.4 is 5.56 Å². The number of H-pyrrole nitrogens is 1. The van der Waals surface area contributed by atoms with Gasteiger partial charge < -0.3 is 4.98 Å². The van der Waals surface area contributed by atoms with Gasteiger partial charge in [0.05, 0.1) is 11.9 Å². The van der Waals surface area contributed by atoms with Gasteiger partial charge in [0, 0.05) is 11.2 Å². The summed E-state index contributed by atoms with van der Waals surface area (Å²) >= 11 is 5.98. The van der Waals surface area contributed by atoms with E-state index in [0.29, 0.717) is 10.6 Å². The Hall–Kier alpha value is -1.61. The lowest BCUT2D eigenvalue weighted by atomic mass is 10.0. The van der Waals surface area contributed by atoms with Crippen molar-refractivity contribution in [2.75, 3.05) is 0 Å². The summed E-state index contributed by atoms with van der Waals surface area (Å²) in [5, 5.41) is 0.649. The van der Waals surface area contributed by atoms with Crippen molar-refractivity contribution in [1.82, 2.24) is 9.97 Å². The minimum absolute atomic E-state index is 0.157. The number of aromatic nitrogens is 2. The molecule has 0 aliphatic heterocycles. The predicted octanol–water partition coefficient (Wildman–Crippen LogP) is 2.40. The van der Waals surface area contributed by atoms with Gasteiger partial charge in [-0.3, -0.25) is 4.79 Å². The molecule has 0 unspecified atom stereocenters. The first kappa shape index (κ1) is 9.93. The number of nitrogens with one attached hydrogen (secondary N) is 1. The van der Waals surface area contributed by atoms with Crippen LogP contribution in [0.15, 0.2) is 35.5 Å². The Morgan fingerprint density at radius 3 is 2.87 bits per heavy atom. The van der Waals surface area contributed by atoms with Gasteiger partial charge in [0.2, 0.25) is 0 Å². The van der Waals surface area contributed by atoms with Crippen LogP contribution in [-0.4, -0.2) is 9.97 Å². The van der Waals surface area contributed by atoms with Crippen LogP contribution in [0.4, 0.5) is 0 Å². The summed E-state index contributed by atoms with van der Waals surface area (Å²) in [4.78, 5) is 18.0. The first-order valence-electron chi connectivity index (χ1n) is 4.48. The van der Waals surface area contributed by atoms with Gasteiger partial charge in [-0.1, -0.05) is 23.7 Å². The number of hydrogen-bond donors (Lipinski definition) is 1. The van der Waals surface area contributed by atoms with Crippen molar-refractivity contribution in [3.63, 3.8) is 0 Å². The second-order valence-corrected chi connectivity index (χ2v) is 3.61. The summed E-state index contributed by atoms with van der Waals surface area (Å²) in [6.45, 7) is 1.88. The molecule has 0 fully saturated rings. The van der Waals surface area contributed by atoms with E-state index in [9.17, 15) is 4.79 Å². The molecule has 0 aliphatic rings. The van der Waals surface area contributed by atoms with E-state index in [2.05, 4.69) is 9.97 Å². The second-order valence-electron chi connectivity index (χ2n) is 3.21. The van der Waals surface area contributed by atoms with Crippen LogP contribution in [0, 0.1) is 6.92 Å². The molecule has 3 nitrogen and oxygen atoms in total. The summed E-state index contributed by atoms with van der Waals surface area (Å²) in [5.74, 6) is 0. The zero-order valence-corrected chi connectivity index (χ0v) is 8.88. The molecule has 0 aliphatic carbocycles. The Bertz CT molecular complexity index is 548. The third-order valence-electron chi connectivity index (χ3n) is 2.28. The molecular formula is C11H9ClN2O. The molecule has 4 heteroatoms. The van der Waals surface area contributed by atoms with Crippen molar-refractivity contribution >= 4 is 11.6 Å². The molecule has 76 valence electrons. The van der Waals surface area contributed by atoms with E-state index in [1.165, 1.54) is 12.5 Å². The maximum atomic E-state index is 11.5. The van der Waals surface area contributed by atoms with Crippen LogP contribution >= 0.6 is 11.6 Å². The molecule has 0 saturated carbocycles. The molecule has 1 heterocycles. The highest BCUT2D eigenvalue weighted by molar-refractivity contribution is 6.31. The molecule has 1 aromatic heterocycles. The average Bonchev–Trinajstić information content (AvgIpc) is 2.23. The van der Waals surface area contributed by atoms with E-state index in [1.807, 2.05) is 19.1 Å². The van der Waals surface area contributed by atoms with E-state index in [4.69, 9.17) is 11.6 Å². The Balaban J connectivity index is 2.70. The molecule has 0 amide bonds. The number of rotatable bonds is 1. The zero-order chi connectivity index (χ0) is 10.8. The van der Waals surface area contributed by atoms with Gasteiger partial charge in [0.25, 0.3) is 5.56 Å². The quantitative estimate of drug-likeness (QED) is 0.802. The molecule has 2 aromatic rings. The van der Waals surface area contributed by atoms with Gasteiger partial charge in [-0.2, -0.15) is 0 Å². The van der Waals surface area contributed by atoms with Gasteiger partial charge in [0.1, 0.15) is 0 Å². The molecular weight excluding hydrogens is 212 g/mol. The Morgan fingerprint density at radius 1 is 1.33 bits per heavy atom. The van der Waals surface area contributed by atoms with Crippen LogP contribution in [0.25, 0.3) is 11.1 Å². The molecule has 0 atom stereocenters. The maximum Gasteiger partial charge on any atom is 0.258 e. The Kier molecular flexibility index (Phi) is 2.56. The van der Waals surface area contributed by atoms with Crippen LogP contribution in [0.2, 0.25) is 5.02 Å². The lowest BCUT2D eigenvalue weighted by molar-refractivity contribution is 1.12. The van der Waals surface area contributed by atoms with Crippen molar-refractivity contribution in [3.8, 4) is 11.1 Å². The van der Waals surface area contributed by atoms with E-state index < -0.39 is 0 Å². The molecule has 0 saturated heterocycles. The first-order chi connectivity index (χ1) is 7.20. The summed E-state index contributed by atoms with van der Waals surface area (Å²) in [5.41, 5.74) is 2.09. The smallest absolute Gasteiger partial charge is 0.258 e. The minimum Gasteiger partial charge on any atom is -0.313 e. The van der Waals surface area contributed by atoms with Gasteiger partial charge in [-0.05, 0) is 24.1 Å². The van der Waals surface area contributed by atoms with Crippen molar-refractivity contribution in [2.45, 2.75) is 6.92 Å². The molecule has 0 radical (unpaired) electrons. The van der Waals surface area contributed by atoms with Crippen LogP contribution in [0.5, 0.6) is 0 Å². The summed E-state index contributed by atoms with van der Waals surface area (Å²) in [6, 6.07) is 5.47. The lowest BCUT2D eigenvalue weighted by Crippen LogP contribution is -2.09. The number of benzene rings is 1. The highest BCUT2D eigenvalue weighted by atomic mass is 35.5. The lowest BCUT2D eigenvalue weighted by Gasteiger charge is -2.05. The number of aromatic amines is 1. The van der Waals surface area contributed by atoms with Crippen molar-refractivity contribution < 1.29 is 0 Å². The molecule has 1 aromatic carbocycles. The van der Waals surface area contributed by atoms with E-state index in [0.717, 1.165) is 11.1 Å². The largest absolute Gasteiger partial charge is 0.313 e. The molecule has 0 spiro atoms. The van der Waals surface area contributed by atoms with E-state index >= 15 is 0 Å².